The maximum Gasteiger partial charge on any atom is 0.251 e. The second-order valence-electron chi connectivity index (χ2n) is 4.96. The Kier molecular flexibility index (Phi) is 5.73. The molecule has 0 aliphatic carbocycles. The SMILES string of the molecule is NCCc1ccccc1C(=O)NCC1CCSCC1. The lowest BCUT2D eigenvalue weighted by Gasteiger charge is -2.21. The summed E-state index contributed by atoms with van der Waals surface area (Å²) in [5, 5.41) is 3.08. The van der Waals surface area contributed by atoms with Gasteiger partial charge >= 0.3 is 0 Å². The van der Waals surface area contributed by atoms with Crippen LogP contribution in [0.15, 0.2) is 24.3 Å². The van der Waals surface area contributed by atoms with E-state index < -0.39 is 0 Å². The topological polar surface area (TPSA) is 55.1 Å². The van der Waals surface area contributed by atoms with Gasteiger partial charge in [-0.1, -0.05) is 18.2 Å². The van der Waals surface area contributed by atoms with Crippen molar-refractivity contribution in [2.75, 3.05) is 24.6 Å². The number of nitrogens with one attached hydrogen (secondary N) is 1. The van der Waals surface area contributed by atoms with Crippen molar-refractivity contribution in [3.05, 3.63) is 35.4 Å². The number of carbonyl (C=O) groups excluding carboxylic acids is 1. The van der Waals surface area contributed by atoms with Crippen LogP contribution in [-0.4, -0.2) is 30.5 Å². The van der Waals surface area contributed by atoms with Gasteiger partial charge in [0, 0.05) is 12.1 Å². The van der Waals surface area contributed by atoms with E-state index in [9.17, 15) is 4.79 Å². The Morgan fingerprint density at radius 2 is 2.05 bits per heavy atom. The van der Waals surface area contributed by atoms with E-state index in [0.717, 1.165) is 24.1 Å². The highest BCUT2D eigenvalue weighted by molar-refractivity contribution is 7.99. The van der Waals surface area contributed by atoms with Gasteiger partial charge in [0.15, 0.2) is 0 Å². The Morgan fingerprint density at radius 1 is 1.32 bits per heavy atom. The summed E-state index contributed by atoms with van der Waals surface area (Å²) >= 11 is 2.01. The fourth-order valence-electron chi connectivity index (χ4n) is 2.40. The number of carbonyl (C=O) groups is 1. The molecule has 3 N–H and O–H groups in total. The molecule has 3 nitrogen and oxygen atoms in total. The first-order valence-corrected chi connectivity index (χ1v) is 8.10. The van der Waals surface area contributed by atoms with E-state index in [1.54, 1.807) is 0 Å². The Bertz CT molecular complexity index is 416. The Hall–Kier alpha value is -1.00. The molecule has 2 rings (SSSR count). The number of benzene rings is 1. The Labute approximate surface area is 119 Å². The molecule has 1 aromatic carbocycles. The molecule has 0 unspecified atom stereocenters. The molecular weight excluding hydrogens is 256 g/mol. The molecule has 0 atom stereocenters. The molecule has 1 saturated heterocycles. The monoisotopic (exact) mass is 278 g/mol. The number of hydrogen-bond donors (Lipinski definition) is 2. The van der Waals surface area contributed by atoms with Gasteiger partial charge in [-0.05, 0) is 54.9 Å². The highest BCUT2D eigenvalue weighted by atomic mass is 32.2. The van der Waals surface area contributed by atoms with Crippen molar-refractivity contribution in [1.29, 1.82) is 0 Å². The lowest BCUT2D eigenvalue weighted by molar-refractivity contribution is 0.0945. The zero-order valence-corrected chi connectivity index (χ0v) is 12.0. The first-order chi connectivity index (χ1) is 9.31. The van der Waals surface area contributed by atoms with E-state index in [1.807, 2.05) is 36.0 Å². The predicted molar refractivity (Wildman–Crippen MR) is 81.6 cm³/mol. The summed E-state index contributed by atoms with van der Waals surface area (Å²) in [6.07, 6.45) is 3.19. The summed E-state index contributed by atoms with van der Waals surface area (Å²) in [4.78, 5) is 12.2. The number of amides is 1. The van der Waals surface area contributed by atoms with Gasteiger partial charge < -0.3 is 11.1 Å². The van der Waals surface area contributed by atoms with Crippen molar-refractivity contribution >= 4 is 17.7 Å². The van der Waals surface area contributed by atoms with Gasteiger partial charge in [0.2, 0.25) is 0 Å². The van der Waals surface area contributed by atoms with E-state index in [-0.39, 0.29) is 5.91 Å². The summed E-state index contributed by atoms with van der Waals surface area (Å²) in [6.45, 7) is 1.38. The van der Waals surface area contributed by atoms with Gasteiger partial charge in [-0.3, -0.25) is 4.79 Å². The number of thioether (sulfide) groups is 1. The first kappa shape index (κ1) is 14.4. The van der Waals surface area contributed by atoms with Crippen LogP contribution >= 0.6 is 11.8 Å². The number of nitrogens with two attached hydrogens (primary N) is 1. The third-order valence-corrected chi connectivity index (χ3v) is 4.62. The van der Waals surface area contributed by atoms with Gasteiger partial charge in [0.25, 0.3) is 5.91 Å². The van der Waals surface area contributed by atoms with E-state index in [2.05, 4.69) is 5.32 Å². The van der Waals surface area contributed by atoms with Gasteiger partial charge in [0.05, 0.1) is 0 Å². The fraction of sp³-hybridized carbons (Fsp3) is 0.533. The summed E-state index contributed by atoms with van der Waals surface area (Å²) in [6, 6.07) is 7.74. The molecule has 1 amide bonds. The van der Waals surface area contributed by atoms with E-state index >= 15 is 0 Å². The zero-order valence-electron chi connectivity index (χ0n) is 11.2. The quantitative estimate of drug-likeness (QED) is 0.867. The third kappa shape index (κ3) is 4.25. The molecule has 0 bridgehead atoms. The molecule has 1 fully saturated rings. The normalized spacial score (nSPS) is 16.3. The summed E-state index contributed by atoms with van der Waals surface area (Å²) < 4.78 is 0. The standard InChI is InChI=1S/C15H22N2OS/c16-8-5-13-3-1-2-4-14(13)15(18)17-11-12-6-9-19-10-7-12/h1-4,12H,5-11,16H2,(H,17,18). The van der Waals surface area contributed by atoms with Crippen molar-refractivity contribution < 1.29 is 4.79 Å². The molecule has 1 aliphatic heterocycles. The van der Waals surface area contributed by atoms with Crippen molar-refractivity contribution in [3.8, 4) is 0 Å². The Balaban J connectivity index is 1.91. The van der Waals surface area contributed by atoms with Crippen LogP contribution in [0, 0.1) is 5.92 Å². The van der Waals surface area contributed by atoms with Gasteiger partial charge in [0.1, 0.15) is 0 Å². The molecule has 4 heteroatoms. The minimum Gasteiger partial charge on any atom is -0.352 e. The minimum absolute atomic E-state index is 0.0438. The number of hydrogen-bond acceptors (Lipinski definition) is 3. The van der Waals surface area contributed by atoms with Crippen LogP contribution in [0.3, 0.4) is 0 Å². The second-order valence-corrected chi connectivity index (χ2v) is 6.19. The molecule has 19 heavy (non-hydrogen) atoms. The third-order valence-electron chi connectivity index (χ3n) is 3.57. The van der Waals surface area contributed by atoms with E-state index in [0.29, 0.717) is 12.5 Å². The van der Waals surface area contributed by atoms with Crippen molar-refractivity contribution in [1.82, 2.24) is 5.32 Å². The molecule has 0 spiro atoms. The molecule has 1 aliphatic rings. The highest BCUT2D eigenvalue weighted by Gasteiger charge is 2.16. The van der Waals surface area contributed by atoms with Gasteiger partial charge in [-0.25, -0.2) is 0 Å². The maximum atomic E-state index is 12.2. The van der Waals surface area contributed by atoms with Crippen LogP contribution in [0.2, 0.25) is 0 Å². The Morgan fingerprint density at radius 3 is 2.79 bits per heavy atom. The first-order valence-electron chi connectivity index (χ1n) is 6.95. The van der Waals surface area contributed by atoms with Crippen LogP contribution in [0.1, 0.15) is 28.8 Å². The molecule has 1 aromatic rings. The van der Waals surface area contributed by atoms with Crippen LogP contribution in [-0.2, 0) is 6.42 Å². The number of rotatable bonds is 5. The lowest BCUT2D eigenvalue weighted by atomic mass is 10.0. The molecule has 0 aromatic heterocycles. The van der Waals surface area contributed by atoms with Crippen LogP contribution < -0.4 is 11.1 Å². The highest BCUT2D eigenvalue weighted by Crippen LogP contribution is 2.22. The molecule has 1 heterocycles. The van der Waals surface area contributed by atoms with Crippen LogP contribution in [0.5, 0.6) is 0 Å². The molecular formula is C15H22N2OS. The lowest BCUT2D eigenvalue weighted by Crippen LogP contribution is -2.31. The largest absolute Gasteiger partial charge is 0.352 e. The molecule has 104 valence electrons. The van der Waals surface area contributed by atoms with E-state index in [1.165, 1.54) is 24.3 Å². The summed E-state index contributed by atoms with van der Waals surface area (Å²) in [5.41, 5.74) is 7.41. The van der Waals surface area contributed by atoms with Gasteiger partial charge in [-0.2, -0.15) is 11.8 Å². The van der Waals surface area contributed by atoms with Crippen molar-refractivity contribution in [3.63, 3.8) is 0 Å². The fourth-order valence-corrected chi connectivity index (χ4v) is 3.60. The van der Waals surface area contributed by atoms with Crippen LogP contribution in [0.4, 0.5) is 0 Å². The maximum absolute atomic E-state index is 12.2. The summed E-state index contributed by atoms with van der Waals surface area (Å²) in [7, 11) is 0. The smallest absolute Gasteiger partial charge is 0.251 e. The minimum atomic E-state index is 0.0438. The molecule has 0 saturated carbocycles. The average molecular weight is 278 g/mol. The average Bonchev–Trinajstić information content (AvgIpc) is 2.47. The van der Waals surface area contributed by atoms with Crippen molar-refractivity contribution in [2.24, 2.45) is 11.7 Å². The molecule has 0 radical (unpaired) electrons. The van der Waals surface area contributed by atoms with E-state index in [4.69, 9.17) is 5.73 Å². The van der Waals surface area contributed by atoms with Crippen molar-refractivity contribution in [2.45, 2.75) is 19.3 Å². The van der Waals surface area contributed by atoms with Crippen LogP contribution in [0.25, 0.3) is 0 Å². The summed E-state index contributed by atoms with van der Waals surface area (Å²) in [5.74, 6) is 3.14. The van der Waals surface area contributed by atoms with Gasteiger partial charge in [-0.15, -0.1) is 0 Å². The second kappa shape index (κ2) is 7.56. The zero-order chi connectivity index (χ0) is 13.5. The predicted octanol–water partition coefficient (Wildman–Crippen LogP) is 2.06.